The van der Waals surface area contributed by atoms with Crippen molar-refractivity contribution in [3.05, 3.63) is 153 Å². The minimum absolute atomic E-state index is 0.00861. The summed E-state index contributed by atoms with van der Waals surface area (Å²) in [6.45, 7) is 2.69. The number of nitrogens with zero attached hydrogens (tertiary/aromatic N) is 2. The number of aliphatic imine (C=N–C) groups is 2. The molecule has 27 heteroatoms. The molecule has 0 atom stereocenters. The van der Waals surface area contributed by atoms with Crippen LogP contribution in [0.2, 0.25) is 0 Å². The van der Waals surface area contributed by atoms with E-state index in [0.717, 1.165) is 47.6 Å². The molecule has 430 valence electrons. The number of carbonyl (C=O) groups excluding carboxylic acids is 8. The number of para-hydroxylation sites is 1. The van der Waals surface area contributed by atoms with Gasteiger partial charge in [0.05, 0.1) is 55.8 Å². The van der Waals surface area contributed by atoms with Crippen molar-refractivity contribution in [1.82, 2.24) is 31.9 Å². The fraction of sp³-hybridized carbons (Fsp3) is 0.196. The number of amides is 8. The molecular weight excluding hydrogens is 1090 g/mol. The van der Waals surface area contributed by atoms with Gasteiger partial charge in [-0.2, -0.15) is 0 Å². The zero-order valence-corrected chi connectivity index (χ0v) is 45.2. The number of thioether (sulfide) groups is 1. The Labute approximate surface area is 478 Å². The van der Waals surface area contributed by atoms with E-state index in [2.05, 4.69) is 68.5 Å². The Hall–Kier alpha value is -10.7. The quantitative estimate of drug-likeness (QED) is 0.0154. The minimum atomic E-state index is -0.758. The SMILES string of the molecule is CCOC(=O)C1=C(Nc2ccccc2)S/C(=C\c2ccc(OCCNC(=O)CNC(=O)CNC(=O)CNC(=O)c3cc(NC(=O)Nc4ccc(C5=NCCN5)cc4)cc(NC(=O)Nc4ccc(C5=NCCN5)cc4)c3)c(O)c2)C1=O.O=CO. The van der Waals surface area contributed by atoms with E-state index in [4.69, 9.17) is 19.4 Å². The van der Waals surface area contributed by atoms with E-state index in [9.17, 15) is 43.5 Å². The predicted octanol–water partition coefficient (Wildman–Crippen LogP) is 3.78. The van der Waals surface area contributed by atoms with Gasteiger partial charge in [0.25, 0.3) is 12.4 Å². The standard InChI is InChI=1S/C55H55N13O11S.CH2O2/c1-2-78-53(75)47-48(73)43(80-52(47)64-36-6-4-3-5-7-36)25-32-8-17-42(41(69)24-32)79-23-22-56-44(70)29-61-45(71)30-62-46(72)31-63-51(74)35-26-39(67-54(76)65-37-13-9-33(10-14-37)49-57-18-19-58-49)28-40(27-35)68-55(77)66-38-15-11-34(12-16-38)50-59-20-21-60-50;2-1-3/h3-17,24-28,64,69H,2,18-23,29-31H2,1H3,(H,56,70)(H,57,58)(H,59,60)(H,61,71)(H,62,72)(H,63,74)(H2,65,67,76)(H2,66,68,77);1H,(H,2,3)/b43-25-;. The highest BCUT2D eigenvalue weighted by molar-refractivity contribution is 8.08. The number of carbonyl (C=O) groups is 9. The first-order valence-electron chi connectivity index (χ1n) is 25.6. The van der Waals surface area contributed by atoms with E-state index in [1.54, 1.807) is 73.7 Å². The minimum Gasteiger partial charge on any atom is -0.504 e. The van der Waals surface area contributed by atoms with Crippen molar-refractivity contribution in [1.29, 1.82) is 0 Å². The lowest BCUT2D eigenvalue weighted by molar-refractivity contribution is -0.139. The number of carboxylic acid groups (broad SMARTS) is 1. The molecular formula is C56H57N13O13S. The maximum atomic E-state index is 13.4. The van der Waals surface area contributed by atoms with Gasteiger partial charge in [-0.25, -0.2) is 14.4 Å². The number of ether oxygens (including phenoxy) is 2. The largest absolute Gasteiger partial charge is 0.504 e. The normalized spacial score (nSPS) is 13.5. The smallest absolute Gasteiger partial charge is 0.344 e. The van der Waals surface area contributed by atoms with Crippen LogP contribution in [0.5, 0.6) is 11.5 Å². The van der Waals surface area contributed by atoms with E-state index in [1.165, 1.54) is 36.4 Å². The molecule has 0 fully saturated rings. The summed E-state index contributed by atoms with van der Waals surface area (Å²) in [4.78, 5) is 121. The van der Waals surface area contributed by atoms with Crippen LogP contribution in [0.15, 0.2) is 141 Å². The number of nitrogens with one attached hydrogen (secondary N) is 11. The number of hydrogen-bond donors (Lipinski definition) is 13. The first kappa shape index (κ1) is 60.0. The van der Waals surface area contributed by atoms with Crippen LogP contribution in [0.3, 0.4) is 0 Å². The zero-order valence-electron chi connectivity index (χ0n) is 44.4. The van der Waals surface area contributed by atoms with E-state index in [0.29, 0.717) is 40.7 Å². The number of hydrogen-bond acceptors (Lipinski definition) is 18. The summed E-state index contributed by atoms with van der Waals surface area (Å²) in [5, 5.41) is 47.9. The highest BCUT2D eigenvalue weighted by Crippen LogP contribution is 2.41. The maximum absolute atomic E-state index is 13.4. The van der Waals surface area contributed by atoms with E-state index >= 15 is 0 Å². The monoisotopic (exact) mass is 1150 g/mol. The molecule has 13 N–H and O–H groups in total. The van der Waals surface area contributed by atoms with Gasteiger partial charge in [0.2, 0.25) is 23.5 Å². The zero-order chi connectivity index (χ0) is 59.1. The molecule has 5 aromatic carbocycles. The van der Waals surface area contributed by atoms with Gasteiger partial charge in [-0.15, -0.1) is 0 Å². The Kier molecular flexibility index (Phi) is 21.7. The van der Waals surface area contributed by atoms with Crippen LogP contribution >= 0.6 is 11.8 Å². The third-order valence-electron chi connectivity index (χ3n) is 11.6. The number of allylic oxidation sites excluding steroid dienone is 1. The Morgan fingerprint density at radius 1 is 0.651 bits per heavy atom. The Morgan fingerprint density at radius 2 is 1.18 bits per heavy atom. The molecule has 0 aliphatic carbocycles. The number of urea groups is 2. The number of ketones is 1. The second-order valence-electron chi connectivity index (χ2n) is 17.5. The number of phenolic OH excluding ortho intramolecular Hbond substituents is 1. The van der Waals surface area contributed by atoms with Crippen molar-refractivity contribution >= 4 is 112 Å². The predicted molar refractivity (Wildman–Crippen MR) is 311 cm³/mol. The average molecular weight is 1150 g/mol. The number of rotatable bonds is 22. The molecule has 8 amide bonds. The number of aromatic hydroxyl groups is 1. The van der Waals surface area contributed by atoms with Crippen molar-refractivity contribution in [2.24, 2.45) is 9.98 Å². The number of esters is 1. The van der Waals surface area contributed by atoms with Crippen LogP contribution in [0.25, 0.3) is 6.08 Å². The fourth-order valence-electron chi connectivity index (χ4n) is 7.81. The molecule has 8 rings (SSSR count). The summed E-state index contributed by atoms with van der Waals surface area (Å²) in [6.07, 6.45) is 1.53. The lowest BCUT2D eigenvalue weighted by atomic mass is 10.1. The van der Waals surface area contributed by atoms with Gasteiger partial charge in [-0.3, -0.25) is 38.8 Å². The summed E-state index contributed by atoms with van der Waals surface area (Å²) in [7, 11) is 0. The van der Waals surface area contributed by atoms with Crippen LogP contribution in [0.4, 0.5) is 38.0 Å². The molecule has 5 aromatic rings. The summed E-state index contributed by atoms with van der Waals surface area (Å²) >= 11 is 1.06. The molecule has 0 aromatic heterocycles. The van der Waals surface area contributed by atoms with E-state index < -0.39 is 67.1 Å². The van der Waals surface area contributed by atoms with Gasteiger partial charge >= 0.3 is 18.0 Å². The van der Waals surface area contributed by atoms with Crippen molar-refractivity contribution in [3.8, 4) is 11.5 Å². The lowest BCUT2D eigenvalue weighted by Crippen LogP contribution is -2.44. The van der Waals surface area contributed by atoms with Crippen molar-refractivity contribution in [2.75, 3.05) is 92.2 Å². The van der Waals surface area contributed by atoms with Crippen LogP contribution < -0.4 is 63.2 Å². The second-order valence-corrected chi connectivity index (χ2v) is 18.6. The molecule has 26 nitrogen and oxygen atoms in total. The number of anilines is 5. The number of amidine groups is 2. The lowest BCUT2D eigenvalue weighted by Gasteiger charge is -2.14. The van der Waals surface area contributed by atoms with Crippen molar-refractivity contribution in [3.63, 3.8) is 0 Å². The molecule has 3 aliphatic heterocycles. The molecule has 0 saturated carbocycles. The first-order chi connectivity index (χ1) is 40.2. The van der Waals surface area contributed by atoms with Gasteiger partial charge in [-0.05, 0) is 110 Å². The highest BCUT2D eigenvalue weighted by Gasteiger charge is 2.35. The third-order valence-corrected chi connectivity index (χ3v) is 12.6. The van der Waals surface area contributed by atoms with Gasteiger partial charge < -0.3 is 78.2 Å². The highest BCUT2D eigenvalue weighted by atomic mass is 32.2. The van der Waals surface area contributed by atoms with Crippen LogP contribution in [0, 0.1) is 0 Å². The average Bonchev–Trinajstić information content (AvgIpc) is 4.35. The molecule has 0 spiro atoms. The molecule has 0 saturated heterocycles. The first-order valence-corrected chi connectivity index (χ1v) is 26.4. The van der Waals surface area contributed by atoms with Crippen LogP contribution in [-0.2, 0) is 33.5 Å². The van der Waals surface area contributed by atoms with Crippen LogP contribution in [0.1, 0.15) is 34.0 Å². The van der Waals surface area contributed by atoms with Gasteiger partial charge in [0.1, 0.15) is 23.9 Å². The fourth-order valence-corrected chi connectivity index (χ4v) is 8.87. The van der Waals surface area contributed by atoms with Gasteiger partial charge in [-0.1, -0.05) is 36.0 Å². The topological polar surface area (TPSA) is 370 Å². The molecule has 0 radical (unpaired) electrons. The summed E-state index contributed by atoms with van der Waals surface area (Å²) < 4.78 is 10.7. The summed E-state index contributed by atoms with van der Waals surface area (Å²) in [6, 6.07) is 30.3. The molecule has 83 heavy (non-hydrogen) atoms. The summed E-state index contributed by atoms with van der Waals surface area (Å²) in [5.41, 5.74) is 3.85. The number of benzene rings is 5. The molecule has 0 bridgehead atoms. The summed E-state index contributed by atoms with van der Waals surface area (Å²) in [5.74, 6) is -2.71. The number of phenols is 1. The molecule has 3 aliphatic rings. The van der Waals surface area contributed by atoms with Crippen LogP contribution in [-0.4, -0.2) is 141 Å². The third kappa shape index (κ3) is 18.2. The maximum Gasteiger partial charge on any atom is 0.344 e. The van der Waals surface area contributed by atoms with E-state index in [-0.39, 0.29) is 65.1 Å². The Balaban J connectivity index is 0.00000323. The van der Waals surface area contributed by atoms with Gasteiger partial charge in [0.15, 0.2) is 11.5 Å². The second kappa shape index (κ2) is 30.0. The van der Waals surface area contributed by atoms with Crippen molar-refractivity contribution in [2.45, 2.75) is 6.92 Å². The van der Waals surface area contributed by atoms with Crippen molar-refractivity contribution < 1.29 is 62.8 Å². The Bertz CT molecular complexity index is 3270. The van der Waals surface area contributed by atoms with Gasteiger partial charge in [0, 0.05) is 58.2 Å². The molecule has 0 unspecified atom stereocenters. The molecule has 3 heterocycles. The van der Waals surface area contributed by atoms with E-state index in [1.807, 2.05) is 18.2 Å². The number of Topliss-reactive ketones (excluding diaryl/α,β-unsaturated/α-hetero) is 1. The Morgan fingerprint density at radius 3 is 1.70 bits per heavy atom.